The third-order valence-electron chi connectivity index (χ3n) is 6.94. The van der Waals surface area contributed by atoms with Gasteiger partial charge in [0.25, 0.3) is 5.56 Å². The molecule has 4 aromatic rings. The van der Waals surface area contributed by atoms with Crippen molar-refractivity contribution in [1.29, 1.82) is 0 Å². The molecule has 2 aromatic heterocycles. The fourth-order valence-corrected chi connectivity index (χ4v) is 5.50. The number of hydrogen-bond donors (Lipinski definition) is 0. The Morgan fingerprint density at radius 3 is 2.36 bits per heavy atom. The highest BCUT2D eigenvalue weighted by Crippen LogP contribution is 2.25. The standard InChI is InChI=1S/C26H31N5O2/c1-17-12-18(2)14-30(13-17)16-22-27-24-23(25(32)29(4)26(33)28(24)3)31(22)15-20-10-7-9-19-8-5-6-11-21(19)20/h5-11,17-18H,12-16H2,1-4H3. The molecular weight excluding hydrogens is 414 g/mol. The highest BCUT2D eigenvalue weighted by molar-refractivity contribution is 5.85. The van der Waals surface area contributed by atoms with E-state index in [-0.39, 0.29) is 11.2 Å². The zero-order valence-electron chi connectivity index (χ0n) is 19.8. The number of benzene rings is 2. The first-order valence-electron chi connectivity index (χ1n) is 11.7. The molecule has 0 spiro atoms. The van der Waals surface area contributed by atoms with E-state index in [1.807, 2.05) is 16.7 Å². The minimum Gasteiger partial charge on any atom is -0.317 e. The monoisotopic (exact) mass is 445 g/mol. The molecule has 0 saturated carbocycles. The molecule has 7 heteroatoms. The van der Waals surface area contributed by atoms with Gasteiger partial charge >= 0.3 is 5.69 Å². The summed E-state index contributed by atoms with van der Waals surface area (Å²) in [6.07, 6.45) is 1.23. The van der Waals surface area contributed by atoms with Crippen LogP contribution in [0.25, 0.3) is 21.9 Å². The number of aromatic nitrogens is 4. The lowest BCUT2D eigenvalue weighted by Gasteiger charge is -2.34. The summed E-state index contributed by atoms with van der Waals surface area (Å²) in [6, 6.07) is 14.6. The normalized spacial score (nSPS) is 19.5. The molecule has 2 atom stereocenters. The van der Waals surface area contributed by atoms with Crippen LogP contribution in [-0.4, -0.2) is 36.7 Å². The molecule has 0 radical (unpaired) electrons. The largest absolute Gasteiger partial charge is 0.332 e. The summed E-state index contributed by atoms with van der Waals surface area (Å²) in [5, 5.41) is 2.33. The van der Waals surface area contributed by atoms with Gasteiger partial charge in [-0.05, 0) is 34.6 Å². The average molecular weight is 446 g/mol. The lowest BCUT2D eigenvalue weighted by atomic mass is 9.92. The second kappa shape index (κ2) is 8.30. The predicted octanol–water partition coefficient (Wildman–Crippen LogP) is 3.11. The zero-order chi connectivity index (χ0) is 23.3. The molecule has 0 bridgehead atoms. The first-order chi connectivity index (χ1) is 15.8. The molecule has 0 aliphatic carbocycles. The predicted molar refractivity (Wildman–Crippen MR) is 131 cm³/mol. The summed E-state index contributed by atoms with van der Waals surface area (Å²) >= 11 is 0. The van der Waals surface area contributed by atoms with Gasteiger partial charge < -0.3 is 4.57 Å². The maximum atomic E-state index is 13.3. The van der Waals surface area contributed by atoms with Crippen LogP contribution in [0, 0.1) is 11.8 Å². The Balaban J connectivity index is 1.69. The highest BCUT2D eigenvalue weighted by atomic mass is 16.2. The van der Waals surface area contributed by atoms with Crippen LogP contribution in [0.4, 0.5) is 0 Å². The Bertz CT molecular complexity index is 1450. The Labute approximate surface area is 192 Å². The number of aryl methyl sites for hydroxylation is 1. The van der Waals surface area contributed by atoms with Crippen molar-refractivity contribution in [3.05, 3.63) is 74.7 Å². The molecule has 3 heterocycles. The summed E-state index contributed by atoms with van der Waals surface area (Å²) in [4.78, 5) is 33.2. The van der Waals surface area contributed by atoms with Gasteiger partial charge in [-0.25, -0.2) is 9.78 Å². The topological polar surface area (TPSA) is 65.1 Å². The Hall–Kier alpha value is -3.19. The van der Waals surface area contributed by atoms with Gasteiger partial charge in [-0.3, -0.25) is 18.8 Å². The molecule has 1 aliphatic heterocycles. The van der Waals surface area contributed by atoms with E-state index in [0.717, 1.165) is 29.9 Å². The minimum atomic E-state index is -0.353. The molecule has 1 aliphatic rings. The van der Waals surface area contributed by atoms with E-state index in [2.05, 4.69) is 49.1 Å². The Morgan fingerprint density at radius 2 is 1.61 bits per heavy atom. The third-order valence-corrected chi connectivity index (χ3v) is 6.94. The molecule has 33 heavy (non-hydrogen) atoms. The maximum absolute atomic E-state index is 13.3. The smallest absolute Gasteiger partial charge is 0.317 e. The maximum Gasteiger partial charge on any atom is 0.332 e. The fourth-order valence-electron chi connectivity index (χ4n) is 5.50. The van der Waals surface area contributed by atoms with Crippen molar-refractivity contribution in [2.75, 3.05) is 13.1 Å². The van der Waals surface area contributed by atoms with Crippen molar-refractivity contribution < 1.29 is 0 Å². The molecule has 7 nitrogen and oxygen atoms in total. The van der Waals surface area contributed by atoms with Crippen molar-refractivity contribution in [1.82, 2.24) is 23.6 Å². The lowest BCUT2D eigenvalue weighted by molar-refractivity contribution is 0.130. The van der Waals surface area contributed by atoms with Gasteiger partial charge in [-0.1, -0.05) is 56.3 Å². The van der Waals surface area contributed by atoms with E-state index >= 15 is 0 Å². The van der Waals surface area contributed by atoms with Crippen molar-refractivity contribution in [2.24, 2.45) is 25.9 Å². The van der Waals surface area contributed by atoms with Crippen LogP contribution < -0.4 is 11.2 Å². The summed E-state index contributed by atoms with van der Waals surface area (Å²) < 4.78 is 4.70. The lowest BCUT2D eigenvalue weighted by Crippen LogP contribution is -2.39. The molecule has 0 amide bonds. The summed E-state index contributed by atoms with van der Waals surface area (Å²) in [5.74, 6) is 2.08. The molecule has 2 aromatic carbocycles. The van der Waals surface area contributed by atoms with Crippen molar-refractivity contribution in [3.8, 4) is 0 Å². The van der Waals surface area contributed by atoms with E-state index < -0.39 is 0 Å². The van der Waals surface area contributed by atoms with Gasteiger partial charge in [0, 0.05) is 27.2 Å². The van der Waals surface area contributed by atoms with Crippen molar-refractivity contribution >= 4 is 21.9 Å². The second-order valence-electron chi connectivity index (χ2n) is 9.77. The molecule has 5 rings (SSSR count). The van der Waals surface area contributed by atoms with Gasteiger partial charge in [-0.15, -0.1) is 0 Å². The zero-order valence-corrected chi connectivity index (χ0v) is 19.8. The average Bonchev–Trinajstić information content (AvgIpc) is 3.13. The third kappa shape index (κ3) is 3.80. The summed E-state index contributed by atoms with van der Waals surface area (Å²) in [5.41, 5.74) is 1.42. The first-order valence-corrected chi connectivity index (χ1v) is 11.7. The van der Waals surface area contributed by atoms with Crippen LogP contribution in [0.3, 0.4) is 0 Å². The number of piperidine rings is 1. The van der Waals surface area contributed by atoms with Gasteiger partial charge in [0.2, 0.25) is 0 Å². The van der Waals surface area contributed by atoms with E-state index in [0.29, 0.717) is 36.1 Å². The molecule has 0 N–H and O–H groups in total. The molecule has 1 fully saturated rings. The van der Waals surface area contributed by atoms with E-state index in [1.54, 1.807) is 7.05 Å². The number of fused-ring (bicyclic) bond motifs is 2. The SMILES string of the molecule is CC1CC(C)CN(Cc2nc3c(c(=O)n(C)c(=O)n3C)n2Cc2cccc3ccccc23)C1. The number of hydrogen-bond acceptors (Lipinski definition) is 4. The quantitative estimate of drug-likeness (QED) is 0.484. The number of imidazole rings is 1. The van der Waals surface area contributed by atoms with Crippen LogP contribution >= 0.6 is 0 Å². The Kier molecular flexibility index (Phi) is 5.44. The van der Waals surface area contributed by atoms with Gasteiger partial charge in [-0.2, -0.15) is 0 Å². The van der Waals surface area contributed by atoms with Crippen LogP contribution in [0.15, 0.2) is 52.1 Å². The molecular formula is C26H31N5O2. The number of nitrogens with zero attached hydrogens (tertiary/aromatic N) is 5. The second-order valence-corrected chi connectivity index (χ2v) is 9.77. The molecule has 1 saturated heterocycles. The minimum absolute atomic E-state index is 0.299. The van der Waals surface area contributed by atoms with E-state index in [1.165, 1.54) is 28.0 Å². The number of likely N-dealkylation sites (tertiary alicyclic amines) is 1. The Morgan fingerprint density at radius 1 is 0.909 bits per heavy atom. The molecule has 2 unspecified atom stereocenters. The van der Waals surface area contributed by atoms with Crippen LogP contribution in [0.2, 0.25) is 0 Å². The summed E-state index contributed by atoms with van der Waals surface area (Å²) in [6.45, 7) is 7.80. The number of rotatable bonds is 4. The van der Waals surface area contributed by atoms with Gasteiger partial charge in [0.05, 0.1) is 13.1 Å². The van der Waals surface area contributed by atoms with E-state index in [9.17, 15) is 9.59 Å². The van der Waals surface area contributed by atoms with Crippen molar-refractivity contribution in [2.45, 2.75) is 33.4 Å². The first kappa shape index (κ1) is 21.6. The van der Waals surface area contributed by atoms with E-state index in [4.69, 9.17) is 4.98 Å². The molecule has 172 valence electrons. The fraction of sp³-hybridized carbons (Fsp3) is 0.423. The van der Waals surface area contributed by atoms with Crippen LogP contribution in [0.1, 0.15) is 31.7 Å². The van der Waals surface area contributed by atoms with Gasteiger partial charge in [0.1, 0.15) is 5.82 Å². The van der Waals surface area contributed by atoms with Gasteiger partial charge in [0.15, 0.2) is 11.2 Å². The van der Waals surface area contributed by atoms with Crippen LogP contribution in [-0.2, 0) is 27.2 Å². The highest BCUT2D eigenvalue weighted by Gasteiger charge is 2.25. The van der Waals surface area contributed by atoms with Crippen molar-refractivity contribution in [3.63, 3.8) is 0 Å². The van der Waals surface area contributed by atoms with Crippen LogP contribution in [0.5, 0.6) is 0 Å². The summed E-state index contributed by atoms with van der Waals surface area (Å²) in [7, 11) is 3.22.